The first kappa shape index (κ1) is 81.9. The predicted octanol–water partition coefficient (Wildman–Crippen LogP) is 31.8. The lowest BCUT2D eigenvalue weighted by Crippen LogP contribution is -2.34. The van der Waals surface area contributed by atoms with Crippen molar-refractivity contribution in [2.24, 2.45) is 0 Å². The van der Waals surface area contributed by atoms with E-state index in [1.165, 1.54) is 366 Å². The highest BCUT2D eigenvalue weighted by Gasteiger charge is 2.53. The number of hydrogen-bond acceptors (Lipinski definition) is 2. The van der Waals surface area contributed by atoms with Gasteiger partial charge in [-0.25, -0.2) is 0 Å². The van der Waals surface area contributed by atoms with Crippen LogP contribution in [-0.2, 0) is 36.5 Å². The number of fused-ring (bicyclic) bond motifs is 10. The monoisotopic (exact) mass is 1490 g/mol. The molecule has 0 saturated heterocycles. The molecule has 0 N–H and O–H groups in total. The Morgan fingerprint density at radius 2 is 0.453 bits per heavy atom. The van der Waals surface area contributed by atoms with Crippen molar-refractivity contribution in [3.8, 4) is 22.3 Å². The summed E-state index contributed by atoms with van der Waals surface area (Å²) in [5, 5.41) is 2.82. The van der Waals surface area contributed by atoms with E-state index in [9.17, 15) is 0 Å². The molecule has 0 atom stereocenters. The van der Waals surface area contributed by atoms with Gasteiger partial charge in [-0.15, -0.1) is 22.7 Å². The average Bonchev–Trinajstić information content (AvgIpc) is 1.50. The van der Waals surface area contributed by atoms with Gasteiger partial charge in [0.25, 0.3) is 0 Å². The van der Waals surface area contributed by atoms with Gasteiger partial charge >= 0.3 is 0 Å². The molecule has 0 radical (unpaired) electrons. The van der Waals surface area contributed by atoms with Gasteiger partial charge in [0.1, 0.15) is 0 Å². The van der Waals surface area contributed by atoms with E-state index in [1.807, 2.05) is 0 Å². The zero-order valence-electron chi connectivity index (χ0n) is 68.8. The van der Waals surface area contributed by atoms with Gasteiger partial charge in [-0.2, -0.15) is 0 Å². The Bertz CT molecular complexity index is 3680. The molecule has 2 aliphatic carbocycles. The molecule has 0 amide bonds. The summed E-state index contributed by atoms with van der Waals surface area (Å²) in [5.74, 6) is 0. The Labute approximate surface area is 658 Å². The van der Waals surface area contributed by atoms with Crippen LogP contribution in [0.5, 0.6) is 0 Å². The molecule has 2 heterocycles. The van der Waals surface area contributed by atoms with Crippen LogP contribution in [0.15, 0.2) is 146 Å². The minimum atomic E-state index is -1.72. The summed E-state index contributed by atoms with van der Waals surface area (Å²) in [6.45, 7) is 24.7. The summed E-state index contributed by atoms with van der Waals surface area (Å²) in [4.78, 5) is 0. The molecule has 0 spiro atoms. The number of hydrogen-bond donors (Lipinski definition) is 0. The van der Waals surface area contributed by atoms with E-state index in [2.05, 4.69) is 235 Å². The topological polar surface area (TPSA) is 0 Å². The van der Waals surface area contributed by atoms with E-state index >= 15 is 0 Å². The van der Waals surface area contributed by atoms with Gasteiger partial charge in [-0.1, -0.05) is 419 Å². The van der Waals surface area contributed by atoms with Crippen LogP contribution in [0, 0.1) is 0 Å². The zero-order valence-corrected chi connectivity index (χ0v) is 72.4. The lowest BCUT2D eigenvalue weighted by Gasteiger charge is -2.36. The van der Waals surface area contributed by atoms with E-state index < -0.39 is 27.0 Å². The standard InChI is InChI=1S/C102H142S2Si2/c1-11-15-19-23-27-31-35-39-43-47-51-79-55-65-85(66-56-79)101(86-67-57-80(58-68-86)52-48-44-40-36-32-28-24-20-16-12-2)93-77-92-90-74-64-84-76-96(106(8,9)10)104-100(84)98(90)102(87-69-59-81(60-70-87)53-49-45-41-37-33-29-25-21-17-13-3,88-71-61-82(62-72-88)54-50-46-42-38-34-30-26-22-18-14-4)94(92)78-91(93)89-73-63-83-75-95(105(5,6)7)103-99(83)97(89)101/h55-78H,11-54H2,1-10H3. The van der Waals surface area contributed by atoms with Crippen molar-refractivity contribution in [3.63, 3.8) is 0 Å². The summed E-state index contributed by atoms with van der Waals surface area (Å²) >= 11 is 4.27. The van der Waals surface area contributed by atoms with Crippen molar-refractivity contribution in [2.45, 2.75) is 360 Å². The van der Waals surface area contributed by atoms with E-state index in [-0.39, 0.29) is 0 Å². The van der Waals surface area contributed by atoms with Crippen LogP contribution in [0.2, 0.25) is 39.3 Å². The van der Waals surface area contributed by atoms with E-state index in [4.69, 9.17) is 0 Å². The smallest absolute Gasteiger partial charge is 0.0904 e. The Hall–Kier alpha value is -5.11. The van der Waals surface area contributed by atoms with Gasteiger partial charge in [0.15, 0.2) is 0 Å². The van der Waals surface area contributed by atoms with Crippen molar-refractivity contribution in [1.82, 2.24) is 0 Å². The third kappa shape index (κ3) is 20.1. The third-order valence-electron chi connectivity index (χ3n) is 25.0. The van der Waals surface area contributed by atoms with Crippen molar-refractivity contribution in [3.05, 3.63) is 212 Å². The molecule has 570 valence electrons. The maximum Gasteiger partial charge on any atom is 0.0904 e. The third-order valence-corrected chi connectivity index (χ3v) is 34.5. The summed E-state index contributed by atoms with van der Waals surface area (Å²) in [6.07, 6.45) is 59.2. The van der Waals surface area contributed by atoms with Crippen LogP contribution in [0.25, 0.3) is 42.4 Å². The molecule has 0 nitrogen and oxygen atoms in total. The highest BCUT2D eigenvalue weighted by molar-refractivity contribution is 7.32. The SMILES string of the molecule is CCCCCCCCCCCCc1ccc(C2(c3ccc(CCCCCCCCCCCC)cc3)c3cc4c(cc3-c3ccc5cc([Si](C)(C)C)sc5c32)C(c2ccc(CCCCCCCCCCCC)cc2)(c2ccc(CCCCCCCCCCCC)cc2)c2c-4ccc3cc([Si](C)(C)C)sc23)cc1. The number of thiophene rings is 2. The van der Waals surface area contributed by atoms with Crippen molar-refractivity contribution >= 4 is 68.0 Å². The molecule has 0 bridgehead atoms. The largest absolute Gasteiger partial charge is 0.145 e. The van der Waals surface area contributed by atoms with Gasteiger partial charge in [-0.3, -0.25) is 0 Å². The first-order chi connectivity index (χ1) is 51.7. The molecule has 0 unspecified atom stereocenters. The average molecular weight is 1490 g/mol. The van der Waals surface area contributed by atoms with Crippen LogP contribution < -0.4 is 9.00 Å². The first-order valence-corrected chi connectivity index (χ1v) is 53.1. The van der Waals surface area contributed by atoms with Crippen LogP contribution in [0.3, 0.4) is 0 Å². The van der Waals surface area contributed by atoms with Crippen LogP contribution in [0.1, 0.15) is 351 Å². The lowest BCUT2D eigenvalue weighted by molar-refractivity contribution is 0.556. The van der Waals surface area contributed by atoms with Crippen LogP contribution in [-0.4, -0.2) is 16.1 Å². The Balaban J connectivity index is 1.05. The van der Waals surface area contributed by atoms with Gasteiger partial charge in [0.05, 0.1) is 27.0 Å². The molecule has 4 heteroatoms. The Morgan fingerprint density at radius 3 is 0.670 bits per heavy atom. The summed E-state index contributed by atoms with van der Waals surface area (Å²) in [6, 6.07) is 62.5. The van der Waals surface area contributed by atoms with Crippen LogP contribution in [0.4, 0.5) is 0 Å². The molecule has 0 fully saturated rings. The predicted molar refractivity (Wildman–Crippen MR) is 480 cm³/mol. The highest BCUT2D eigenvalue weighted by Crippen LogP contribution is 2.65. The molecule has 0 saturated carbocycles. The molecule has 9 aromatic rings. The van der Waals surface area contributed by atoms with Crippen molar-refractivity contribution in [1.29, 1.82) is 0 Å². The summed E-state index contributed by atoms with van der Waals surface area (Å²) in [7, 11) is -3.44. The van der Waals surface area contributed by atoms with E-state index in [1.54, 1.807) is 9.00 Å². The Kier molecular flexibility index (Phi) is 31.5. The summed E-state index contributed by atoms with van der Waals surface area (Å²) < 4.78 is 6.16. The molecular formula is C102H142S2Si2. The fourth-order valence-electron chi connectivity index (χ4n) is 18.6. The number of rotatable bonds is 50. The van der Waals surface area contributed by atoms with Gasteiger partial charge in [0, 0.05) is 9.40 Å². The second-order valence-corrected chi connectivity index (χ2v) is 48.4. The zero-order chi connectivity index (χ0) is 74.2. The second kappa shape index (κ2) is 40.7. The molecular weight excluding hydrogens is 1350 g/mol. The van der Waals surface area contributed by atoms with Gasteiger partial charge in [-0.05, 0) is 184 Å². The molecule has 2 aliphatic rings. The first-order valence-electron chi connectivity index (χ1n) is 44.5. The van der Waals surface area contributed by atoms with Crippen molar-refractivity contribution < 1.29 is 0 Å². The highest BCUT2D eigenvalue weighted by atomic mass is 32.1. The number of benzene rings is 7. The van der Waals surface area contributed by atoms with E-state index in [0.717, 1.165) is 25.7 Å². The molecule has 11 rings (SSSR count). The minimum Gasteiger partial charge on any atom is -0.145 e. The minimum absolute atomic E-state index is 0.567. The molecule has 0 aliphatic heterocycles. The van der Waals surface area contributed by atoms with Gasteiger partial charge in [0.2, 0.25) is 0 Å². The maximum absolute atomic E-state index is 2.82. The number of aryl methyl sites for hydroxylation is 4. The number of unbranched alkanes of at least 4 members (excludes halogenated alkanes) is 36. The summed E-state index contributed by atoms with van der Waals surface area (Å²) in [5.41, 5.74) is 22.0. The second-order valence-electron chi connectivity index (χ2n) is 35.5. The van der Waals surface area contributed by atoms with E-state index in [0.29, 0.717) is 0 Å². The quantitative estimate of drug-likeness (QED) is 0.0263. The lowest BCUT2D eigenvalue weighted by atomic mass is 9.65. The maximum atomic E-state index is 2.82. The van der Waals surface area contributed by atoms with Gasteiger partial charge < -0.3 is 0 Å². The molecule has 7 aromatic carbocycles. The Morgan fingerprint density at radius 1 is 0.236 bits per heavy atom. The fraction of sp³-hybridized carbons (Fsp3) is 0.549. The normalized spacial score (nSPS) is 13.7. The van der Waals surface area contributed by atoms with Crippen molar-refractivity contribution in [2.75, 3.05) is 0 Å². The van der Waals surface area contributed by atoms with Crippen LogP contribution >= 0.6 is 22.7 Å². The molecule has 2 aromatic heterocycles. The fourth-order valence-corrected chi connectivity index (χ4v) is 24.8. The molecule has 106 heavy (non-hydrogen) atoms.